The molecule has 2 unspecified atom stereocenters. The highest BCUT2D eigenvalue weighted by Gasteiger charge is 2.27. The van der Waals surface area contributed by atoms with Crippen molar-refractivity contribution in [1.82, 2.24) is 4.98 Å². The van der Waals surface area contributed by atoms with Crippen molar-refractivity contribution < 1.29 is 0 Å². The highest BCUT2D eigenvalue weighted by molar-refractivity contribution is 6.33. The Bertz CT molecular complexity index is 411. The highest BCUT2D eigenvalue weighted by Crippen LogP contribution is 2.37. The molecule has 19 heavy (non-hydrogen) atoms. The van der Waals surface area contributed by atoms with Gasteiger partial charge in [0.05, 0.1) is 16.9 Å². The smallest absolute Gasteiger partial charge is 0.0718 e. The lowest BCUT2D eigenvalue weighted by Crippen LogP contribution is -2.21. The number of rotatable bonds is 2. The maximum Gasteiger partial charge on any atom is 0.0718 e. The van der Waals surface area contributed by atoms with Gasteiger partial charge in [0.25, 0.3) is 0 Å². The zero-order chi connectivity index (χ0) is 13.9. The van der Waals surface area contributed by atoms with E-state index < -0.39 is 0 Å². The molecule has 1 aromatic rings. The Balaban J connectivity index is 1.95. The van der Waals surface area contributed by atoms with Crippen molar-refractivity contribution in [3.8, 4) is 0 Å². The predicted molar refractivity (Wildman–Crippen MR) is 82.7 cm³/mol. The van der Waals surface area contributed by atoms with E-state index in [2.05, 4.69) is 31.1 Å². The number of halogens is 1. The molecule has 0 bridgehead atoms. The van der Waals surface area contributed by atoms with Crippen LogP contribution in [0.25, 0.3) is 0 Å². The topological polar surface area (TPSA) is 24.9 Å². The third-order valence-corrected chi connectivity index (χ3v) is 4.65. The van der Waals surface area contributed by atoms with E-state index in [-0.39, 0.29) is 0 Å². The molecule has 0 radical (unpaired) electrons. The molecule has 0 saturated heterocycles. The molecule has 1 saturated carbocycles. The van der Waals surface area contributed by atoms with Gasteiger partial charge in [0.15, 0.2) is 0 Å². The second kappa shape index (κ2) is 6.13. The number of anilines is 1. The van der Waals surface area contributed by atoms with Crippen LogP contribution in [-0.4, -0.2) is 11.0 Å². The predicted octanol–water partition coefficient (Wildman–Crippen LogP) is 5.14. The monoisotopic (exact) mass is 280 g/mol. The van der Waals surface area contributed by atoms with Gasteiger partial charge in [-0.2, -0.15) is 0 Å². The van der Waals surface area contributed by atoms with Gasteiger partial charge in [-0.15, -0.1) is 0 Å². The summed E-state index contributed by atoms with van der Waals surface area (Å²) in [7, 11) is 0. The summed E-state index contributed by atoms with van der Waals surface area (Å²) in [5.41, 5.74) is 1.41. The fourth-order valence-corrected chi connectivity index (χ4v) is 3.18. The highest BCUT2D eigenvalue weighted by atomic mass is 35.5. The number of hydrogen-bond donors (Lipinski definition) is 1. The van der Waals surface area contributed by atoms with Gasteiger partial charge in [-0.1, -0.05) is 38.8 Å². The van der Waals surface area contributed by atoms with Gasteiger partial charge < -0.3 is 5.32 Å². The molecule has 1 aliphatic rings. The first kappa shape index (κ1) is 14.6. The van der Waals surface area contributed by atoms with Crippen LogP contribution in [0.4, 0.5) is 5.69 Å². The zero-order valence-corrected chi connectivity index (χ0v) is 13.0. The second-order valence-electron chi connectivity index (χ2n) is 6.77. The molecule has 2 rings (SSSR count). The van der Waals surface area contributed by atoms with Crippen LogP contribution in [-0.2, 0) is 0 Å². The van der Waals surface area contributed by atoms with E-state index in [1.54, 1.807) is 6.20 Å². The number of nitrogens with zero attached hydrogens (tertiary/aromatic N) is 1. The number of hydrogen-bond acceptors (Lipinski definition) is 2. The number of aromatic nitrogens is 1. The van der Waals surface area contributed by atoms with Crippen LogP contribution < -0.4 is 5.32 Å². The molecule has 1 aromatic heterocycles. The molecule has 2 nitrogen and oxygen atoms in total. The maximum absolute atomic E-state index is 6.18. The Labute approximate surface area is 122 Å². The van der Waals surface area contributed by atoms with Gasteiger partial charge in [0.1, 0.15) is 0 Å². The first-order valence-corrected chi connectivity index (χ1v) is 7.70. The summed E-state index contributed by atoms with van der Waals surface area (Å²) < 4.78 is 0. The average molecular weight is 281 g/mol. The van der Waals surface area contributed by atoms with Crippen LogP contribution in [0.3, 0.4) is 0 Å². The van der Waals surface area contributed by atoms with Gasteiger partial charge in [0.2, 0.25) is 0 Å². The van der Waals surface area contributed by atoms with Crippen molar-refractivity contribution >= 4 is 17.3 Å². The standard InChI is InChI=1S/C16H25ClN2/c1-16(2,3)12-5-4-6-13(8-7-12)19-15-11-18-10-9-14(15)17/h9-13,19H,4-8H2,1-3H3. The van der Waals surface area contributed by atoms with Gasteiger partial charge in [-0.3, -0.25) is 4.98 Å². The van der Waals surface area contributed by atoms with E-state index >= 15 is 0 Å². The summed E-state index contributed by atoms with van der Waals surface area (Å²) in [5, 5.41) is 4.34. The van der Waals surface area contributed by atoms with Gasteiger partial charge in [-0.25, -0.2) is 0 Å². The molecule has 1 N–H and O–H groups in total. The van der Waals surface area contributed by atoms with E-state index in [1.165, 1.54) is 32.1 Å². The Morgan fingerprint density at radius 3 is 2.68 bits per heavy atom. The largest absolute Gasteiger partial charge is 0.380 e. The van der Waals surface area contributed by atoms with E-state index in [9.17, 15) is 0 Å². The summed E-state index contributed by atoms with van der Waals surface area (Å²) >= 11 is 6.18. The molecule has 106 valence electrons. The second-order valence-corrected chi connectivity index (χ2v) is 7.18. The van der Waals surface area contributed by atoms with Crippen LogP contribution in [0.2, 0.25) is 5.02 Å². The van der Waals surface area contributed by atoms with Crippen molar-refractivity contribution in [2.45, 2.75) is 58.9 Å². The Kier molecular flexibility index (Phi) is 4.72. The number of pyridine rings is 1. The minimum atomic E-state index is 0.431. The van der Waals surface area contributed by atoms with Crippen LogP contribution in [0.15, 0.2) is 18.5 Å². The molecular formula is C16H25ClN2. The first-order chi connectivity index (χ1) is 8.97. The van der Waals surface area contributed by atoms with Gasteiger partial charge >= 0.3 is 0 Å². The molecular weight excluding hydrogens is 256 g/mol. The molecule has 2 atom stereocenters. The van der Waals surface area contributed by atoms with Crippen molar-refractivity contribution in [1.29, 1.82) is 0 Å². The number of nitrogens with one attached hydrogen (secondary N) is 1. The van der Waals surface area contributed by atoms with E-state index in [4.69, 9.17) is 11.6 Å². The van der Waals surface area contributed by atoms with E-state index in [1.807, 2.05) is 12.3 Å². The lowest BCUT2D eigenvalue weighted by molar-refractivity contribution is 0.214. The quantitative estimate of drug-likeness (QED) is 0.759. The van der Waals surface area contributed by atoms with Crippen LogP contribution in [0.5, 0.6) is 0 Å². The molecule has 1 aliphatic carbocycles. The minimum Gasteiger partial charge on any atom is -0.380 e. The summed E-state index contributed by atoms with van der Waals surface area (Å²) in [6.07, 6.45) is 9.98. The van der Waals surface area contributed by atoms with Crippen molar-refractivity contribution in [3.63, 3.8) is 0 Å². The Morgan fingerprint density at radius 1 is 1.21 bits per heavy atom. The Morgan fingerprint density at radius 2 is 2.00 bits per heavy atom. The molecule has 0 aromatic carbocycles. The van der Waals surface area contributed by atoms with Crippen molar-refractivity contribution in [3.05, 3.63) is 23.5 Å². The molecule has 1 fully saturated rings. The summed E-state index contributed by atoms with van der Waals surface area (Å²) in [4.78, 5) is 4.14. The van der Waals surface area contributed by atoms with Crippen molar-refractivity contribution in [2.24, 2.45) is 11.3 Å². The fourth-order valence-electron chi connectivity index (χ4n) is 3.02. The fraction of sp³-hybridized carbons (Fsp3) is 0.688. The van der Waals surface area contributed by atoms with Crippen LogP contribution >= 0.6 is 11.6 Å². The minimum absolute atomic E-state index is 0.431. The lowest BCUT2D eigenvalue weighted by atomic mass is 9.76. The maximum atomic E-state index is 6.18. The third kappa shape index (κ3) is 4.10. The zero-order valence-electron chi connectivity index (χ0n) is 12.2. The first-order valence-electron chi connectivity index (χ1n) is 7.33. The summed E-state index contributed by atoms with van der Waals surface area (Å²) in [5.74, 6) is 0.837. The normalized spacial score (nSPS) is 24.8. The Hall–Kier alpha value is -0.760. The molecule has 1 heterocycles. The SMILES string of the molecule is CC(C)(C)C1CCCC(Nc2cnccc2Cl)CC1. The lowest BCUT2D eigenvalue weighted by Gasteiger charge is -2.29. The van der Waals surface area contributed by atoms with E-state index in [0.29, 0.717) is 11.5 Å². The molecule has 0 amide bonds. The summed E-state index contributed by atoms with van der Waals surface area (Å²) in [6, 6.07) is 2.38. The van der Waals surface area contributed by atoms with Crippen LogP contribution in [0.1, 0.15) is 52.9 Å². The van der Waals surface area contributed by atoms with Crippen LogP contribution in [0, 0.1) is 11.3 Å². The van der Waals surface area contributed by atoms with Gasteiger partial charge in [0, 0.05) is 12.2 Å². The average Bonchev–Trinajstić information content (AvgIpc) is 2.57. The molecule has 0 aliphatic heterocycles. The van der Waals surface area contributed by atoms with Gasteiger partial charge in [-0.05, 0) is 43.1 Å². The van der Waals surface area contributed by atoms with Crippen molar-refractivity contribution in [2.75, 3.05) is 5.32 Å². The third-order valence-electron chi connectivity index (χ3n) is 4.32. The molecule has 0 spiro atoms. The molecule has 3 heteroatoms. The van der Waals surface area contributed by atoms with E-state index in [0.717, 1.165) is 16.6 Å². The summed E-state index contributed by atoms with van der Waals surface area (Å²) in [6.45, 7) is 7.09.